The van der Waals surface area contributed by atoms with Crippen LogP contribution in [0.5, 0.6) is 5.75 Å². The number of halogens is 1. The zero-order valence-electron chi connectivity index (χ0n) is 24.3. The van der Waals surface area contributed by atoms with Crippen LogP contribution in [0.15, 0.2) is 119 Å². The van der Waals surface area contributed by atoms with Gasteiger partial charge in [0.1, 0.15) is 17.5 Å². The van der Waals surface area contributed by atoms with Gasteiger partial charge in [-0.05, 0) is 41.9 Å². The van der Waals surface area contributed by atoms with Gasteiger partial charge in [-0.1, -0.05) is 101 Å². The molecule has 1 aliphatic heterocycles. The molecule has 1 aliphatic rings. The highest BCUT2D eigenvalue weighted by molar-refractivity contribution is 14.1. The van der Waals surface area contributed by atoms with Crippen LogP contribution in [-0.2, 0) is 19.5 Å². The first kappa shape index (κ1) is 31.1. The predicted octanol–water partition coefficient (Wildman–Crippen LogP) is 5.57. The van der Waals surface area contributed by atoms with E-state index in [9.17, 15) is 9.59 Å². The fourth-order valence-corrected chi connectivity index (χ4v) is 7.85. The Labute approximate surface area is 265 Å². The van der Waals surface area contributed by atoms with E-state index in [4.69, 9.17) is 18.6 Å². The van der Waals surface area contributed by atoms with Crippen LogP contribution in [-0.4, -0.2) is 47.7 Å². The lowest BCUT2D eigenvalue weighted by molar-refractivity contribution is -0.0921. The zero-order valence-corrected chi connectivity index (χ0v) is 27.5. The summed E-state index contributed by atoms with van der Waals surface area (Å²) in [4.78, 5) is 26.9. The van der Waals surface area contributed by atoms with Crippen molar-refractivity contribution in [3.63, 3.8) is 0 Å². The van der Waals surface area contributed by atoms with Crippen LogP contribution >= 0.6 is 22.6 Å². The summed E-state index contributed by atoms with van der Waals surface area (Å²) in [5, 5.41) is 0. The number of alkyl halides is 1. The van der Waals surface area contributed by atoms with Gasteiger partial charge in [0.25, 0.3) is 5.56 Å². The van der Waals surface area contributed by atoms with Crippen LogP contribution in [0.4, 0.5) is 0 Å². The van der Waals surface area contributed by atoms with Crippen LogP contribution in [0, 0.1) is 0 Å². The van der Waals surface area contributed by atoms with E-state index in [1.807, 2.05) is 66.4 Å². The molecule has 0 amide bonds. The summed E-state index contributed by atoms with van der Waals surface area (Å²) in [6.07, 6.45) is -0.169. The quantitative estimate of drug-likeness (QED) is 0.0948. The number of nitrogens with one attached hydrogen (secondary N) is 1. The summed E-state index contributed by atoms with van der Waals surface area (Å²) in [5.74, 6) is 0.741. The molecule has 0 spiro atoms. The first-order chi connectivity index (χ1) is 20.7. The van der Waals surface area contributed by atoms with E-state index in [-0.39, 0.29) is 10.5 Å². The third kappa shape index (κ3) is 6.48. The topological polar surface area (TPSA) is 91.8 Å². The van der Waals surface area contributed by atoms with Crippen LogP contribution in [0.25, 0.3) is 0 Å². The van der Waals surface area contributed by atoms with Crippen molar-refractivity contribution < 1.29 is 18.6 Å². The molecule has 0 bridgehead atoms. The first-order valence-corrected chi connectivity index (χ1v) is 18.2. The Morgan fingerprint density at radius 2 is 1.53 bits per heavy atom. The summed E-state index contributed by atoms with van der Waals surface area (Å²) in [6.45, 7) is 8.28. The zero-order chi connectivity index (χ0) is 30.6. The predicted molar refractivity (Wildman–Crippen MR) is 177 cm³/mol. The number of hydrogen-bond donors (Lipinski definition) is 1. The maximum atomic E-state index is 12.8. The Balaban J connectivity index is 1.59. The molecule has 8 nitrogen and oxygen atoms in total. The molecule has 1 fully saturated rings. The van der Waals surface area contributed by atoms with Gasteiger partial charge >= 0.3 is 5.69 Å². The van der Waals surface area contributed by atoms with Crippen molar-refractivity contribution in [1.29, 1.82) is 0 Å². The largest absolute Gasteiger partial charge is 0.497 e. The minimum Gasteiger partial charge on any atom is -0.497 e. The molecule has 5 rings (SSSR count). The number of nitrogens with zero attached hydrogens (tertiary/aromatic N) is 1. The van der Waals surface area contributed by atoms with Crippen LogP contribution in [0.3, 0.4) is 0 Å². The molecule has 2 heterocycles. The molecule has 0 unspecified atom stereocenters. The third-order valence-corrected chi connectivity index (χ3v) is 10.8. The van der Waals surface area contributed by atoms with E-state index in [0.29, 0.717) is 0 Å². The molecule has 224 valence electrons. The smallest absolute Gasteiger partial charge is 0.330 e. The van der Waals surface area contributed by atoms with Gasteiger partial charge in [0.15, 0.2) is 6.23 Å². The van der Waals surface area contributed by atoms with Crippen molar-refractivity contribution in [2.24, 2.45) is 0 Å². The molecule has 0 radical (unpaired) electrons. The Morgan fingerprint density at radius 1 is 0.953 bits per heavy atom. The number of aromatic nitrogens is 2. The molecule has 4 aromatic rings. The van der Waals surface area contributed by atoms with Crippen molar-refractivity contribution >= 4 is 30.9 Å². The number of benzene rings is 3. The molecule has 4 atom stereocenters. The summed E-state index contributed by atoms with van der Waals surface area (Å²) in [6, 6.07) is 29.3. The summed E-state index contributed by atoms with van der Waals surface area (Å²) in [5.41, 5.74) is 2.68. The Morgan fingerprint density at radius 3 is 2.07 bits per heavy atom. The van der Waals surface area contributed by atoms with Gasteiger partial charge in [-0.15, -0.1) is 6.58 Å². The second kappa shape index (κ2) is 13.1. The average molecular weight is 711 g/mol. The van der Waals surface area contributed by atoms with Gasteiger partial charge in [-0.3, -0.25) is 14.3 Å². The Bertz CT molecular complexity index is 1600. The number of aromatic amines is 1. The van der Waals surface area contributed by atoms with Gasteiger partial charge in [0.05, 0.1) is 23.7 Å². The first-order valence-electron chi connectivity index (χ1n) is 14.0. The van der Waals surface area contributed by atoms with Gasteiger partial charge in [0.2, 0.25) is 8.32 Å². The number of rotatable bonds is 11. The van der Waals surface area contributed by atoms with Gasteiger partial charge in [-0.2, -0.15) is 0 Å². The van der Waals surface area contributed by atoms with Crippen LogP contribution < -0.4 is 16.0 Å². The number of H-pyrrole nitrogens is 1. The van der Waals surface area contributed by atoms with Crippen molar-refractivity contribution in [2.45, 2.75) is 41.1 Å². The third-order valence-electron chi connectivity index (χ3n) is 7.64. The Hall–Kier alpha value is -3.29. The van der Waals surface area contributed by atoms with E-state index in [1.165, 1.54) is 16.8 Å². The van der Waals surface area contributed by atoms with E-state index >= 15 is 0 Å². The second-order valence-electron chi connectivity index (χ2n) is 10.9. The highest BCUT2D eigenvalue weighted by Crippen LogP contribution is 2.43. The lowest BCUT2D eigenvalue weighted by Crippen LogP contribution is -2.44. The normalized spacial score (nSPS) is 20.6. The number of ether oxygens (including phenoxy) is 3. The molecule has 1 saturated heterocycles. The van der Waals surface area contributed by atoms with E-state index in [1.54, 1.807) is 7.11 Å². The minimum absolute atomic E-state index is 0.149. The molecule has 1 N–H and O–H groups in total. The molecular weight excluding hydrogens is 675 g/mol. The lowest BCUT2D eigenvalue weighted by Gasteiger charge is -2.37. The van der Waals surface area contributed by atoms with Crippen molar-refractivity contribution in [1.82, 2.24) is 9.55 Å². The maximum Gasteiger partial charge on any atom is 0.330 e. The molecule has 10 heteroatoms. The Kier molecular flexibility index (Phi) is 9.52. The van der Waals surface area contributed by atoms with Gasteiger partial charge in [-0.25, -0.2) is 4.79 Å². The van der Waals surface area contributed by atoms with E-state index < -0.39 is 43.6 Å². The highest BCUT2D eigenvalue weighted by Gasteiger charge is 2.49. The standard InChI is InChI=1S/C33H35IN2O6Si/c1-5-43(3,4)42-30-27(41-31(29(30)34)36-21-20-28(37)35-32(36)38)22-40-33(23-12-8-6-9-13-23,24-14-10-7-11-15-24)25-16-18-26(39-2)19-17-25/h5-21,27,29-31H,1,22H2,2-4H3,(H,35,37,38)/t27-,29-,30-,31-/m1/s1. The molecule has 43 heavy (non-hydrogen) atoms. The van der Waals surface area contributed by atoms with Crippen LogP contribution in [0.1, 0.15) is 22.9 Å². The lowest BCUT2D eigenvalue weighted by atomic mass is 9.80. The second-order valence-corrected chi connectivity index (χ2v) is 16.2. The van der Waals surface area contributed by atoms with Crippen LogP contribution in [0.2, 0.25) is 13.1 Å². The van der Waals surface area contributed by atoms with Crippen molar-refractivity contribution in [2.75, 3.05) is 13.7 Å². The van der Waals surface area contributed by atoms with E-state index in [2.05, 4.69) is 71.5 Å². The summed E-state index contributed by atoms with van der Waals surface area (Å²) < 4.78 is 27.0. The summed E-state index contributed by atoms with van der Waals surface area (Å²) in [7, 11) is -0.650. The molecule has 0 aliphatic carbocycles. The number of hydrogen-bond acceptors (Lipinski definition) is 6. The molecule has 1 aromatic heterocycles. The SMILES string of the molecule is C=C[Si](C)(C)O[C@H]1[C@@H](I)[C@H](n2ccc(=O)[nH]c2=O)O[C@@H]1COC(c1ccccc1)(c1ccccc1)c1ccc(OC)cc1. The maximum absolute atomic E-state index is 12.8. The highest BCUT2D eigenvalue weighted by atomic mass is 127. The van der Waals surface area contributed by atoms with Gasteiger partial charge in [0, 0.05) is 12.3 Å². The molecular formula is C33H35IN2O6Si. The monoisotopic (exact) mass is 710 g/mol. The fraction of sp³-hybridized carbons (Fsp3) is 0.273. The van der Waals surface area contributed by atoms with Gasteiger partial charge < -0.3 is 18.6 Å². The van der Waals surface area contributed by atoms with Crippen molar-refractivity contribution in [3.8, 4) is 5.75 Å². The summed E-state index contributed by atoms with van der Waals surface area (Å²) >= 11 is 2.28. The molecule has 0 saturated carbocycles. The number of methoxy groups -OCH3 is 1. The fourth-order valence-electron chi connectivity index (χ4n) is 5.35. The van der Waals surface area contributed by atoms with E-state index in [0.717, 1.165) is 22.4 Å². The minimum atomic E-state index is -2.29. The van der Waals surface area contributed by atoms with Crippen molar-refractivity contribution in [3.05, 3.63) is 147 Å². The average Bonchev–Trinajstić information content (AvgIpc) is 3.32. The molecule has 3 aromatic carbocycles.